The number of rotatable bonds is 2. The Hall–Kier alpha value is -1.08. The van der Waals surface area contributed by atoms with Crippen LogP contribution in [0.15, 0.2) is 0 Å². The molecule has 0 spiro atoms. The lowest BCUT2D eigenvalue weighted by Crippen LogP contribution is -2.25. The number of carbonyl (C=O) groups excluding carboxylic acids is 1. The predicted octanol–water partition coefficient (Wildman–Crippen LogP) is -0.176. The standard InChI is InChI=1S/C6H9NO3/c1-6(9,4-7)3-5(8)10-2/h9H,3H2,1-2H3/t6-/m1/s1. The number of hydrogen-bond donors (Lipinski definition) is 1. The minimum Gasteiger partial charge on any atom is -0.469 e. The Morgan fingerprint density at radius 2 is 2.40 bits per heavy atom. The molecule has 0 unspecified atom stereocenters. The molecule has 4 nitrogen and oxygen atoms in total. The number of nitrogens with zero attached hydrogens (tertiary/aromatic N) is 1. The maximum absolute atomic E-state index is 10.5. The van der Waals surface area contributed by atoms with Crippen molar-refractivity contribution in [3.05, 3.63) is 0 Å². The van der Waals surface area contributed by atoms with E-state index in [0.717, 1.165) is 0 Å². The molecule has 0 aliphatic carbocycles. The Bertz CT molecular complexity index is 168. The first-order chi connectivity index (χ1) is 4.52. The first-order valence-corrected chi connectivity index (χ1v) is 2.72. The zero-order valence-corrected chi connectivity index (χ0v) is 5.92. The van der Waals surface area contributed by atoms with E-state index in [4.69, 9.17) is 10.4 Å². The van der Waals surface area contributed by atoms with Crippen molar-refractivity contribution in [2.24, 2.45) is 0 Å². The van der Waals surface area contributed by atoms with Gasteiger partial charge in [0.25, 0.3) is 0 Å². The fraction of sp³-hybridized carbons (Fsp3) is 0.667. The number of ether oxygens (including phenoxy) is 1. The number of aliphatic hydroxyl groups is 1. The summed E-state index contributed by atoms with van der Waals surface area (Å²) in [5.41, 5.74) is -1.60. The molecule has 0 amide bonds. The molecule has 56 valence electrons. The molecule has 0 aromatic carbocycles. The highest BCUT2D eigenvalue weighted by Crippen LogP contribution is 2.07. The Balaban J connectivity index is 3.92. The van der Waals surface area contributed by atoms with E-state index < -0.39 is 11.6 Å². The van der Waals surface area contributed by atoms with E-state index in [9.17, 15) is 4.79 Å². The predicted molar refractivity (Wildman–Crippen MR) is 32.9 cm³/mol. The largest absolute Gasteiger partial charge is 0.469 e. The van der Waals surface area contributed by atoms with Gasteiger partial charge in [-0.05, 0) is 6.92 Å². The quantitative estimate of drug-likeness (QED) is 0.430. The molecular formula is C6H9NO3. The molecule has 0 saturated heterocycles. The fourth-order valence-electron chi connectivity index (χ4n) is 0.393. The summed E-state index contributed by atoms with van der Waals surface area (Å²) in [6, 6.07) is 1.56. The molecule has 10 heavy (non-hydrogen) atoms. The number of nitriles is 1. The van der Waals surface area contributed by atoms with Gasteiger partial charge in [0, 0.05) is 0 Å². The Morgan fingerprint density at radius 1 is 1.90 bits per heavy atom. The minimum atomic E-state index is -1.60. The van der Waals surface area contributed by atoms with Crippen LogP contribution >= 0.6 is 0 Å². The van der Waals surface area contributed by atoms with Gasteiger partial charge in [0.2, 0.25) is 0 Å². The first-order valence-electron chi connectivity index (χ1n) is 2.72. The van der Waals surface area contributed by atoms with Gasteiger partial charge in [-0.1, -0.05) is 0 Å². The highest BCUT2D eigenvalue weighted by atomic mass is 16.5. The number of carbonyl (C=O) groups is 1. The zero-order valence-electron chi connectivity index (χ0n) is 5.92. The maximum atomic E-state index is 10.5. The van der Waals surface area contributed by atoms with Crippen LogP contribution in [0.2, 0.25) is 0 Å². The Labute approximate surface area is 59.0 Å². The van der Waals surface area contributed by atoms with Crippen LogP contribution in [0.5, 0.6) is 0 Å². The number of esters is 1. The third-order valence-corrected chi connectivity index (χ3v) is 0.957. The van der Waals surface area contributed by atoms with Gasteiger partial charge >= 0.3 is 5.97 Å². The van der Waals surface area contributed by atoms with Crippen molar-refractivity contribution < 1.29 is 14.6 Å². The normalized spacial score (nSPS) is 15.0. The molecule has 1 atom stereocenters. The maximum Gasteiger partial charge on any atom is 0.309 e. The van der Waals surface area contributed by atoms with E-state index in [1.54, 1.807) is 6.07 Å². The van der Waals surface area contributed by atoms with Crippen molar-refractivity contribution >= 4 is 5.97 Å². The van der Waals surface area contributed by atoms with Crippen LogP contribution in [-0.4, -0.2) is 23.8 Å². The van der Waals surface area contributed by atoms with Crippen molar-refractivity contribution in [1.29, 1.82) is 5.26 Å². The molecule has 0 aliphatic heterocycles. The summed E-state index contributed by atoms with van der Waals surface area (Å²) in [6.45, 7) is 1.25. The van der Waals surface area contributed by atoms with E-state index in [1.807, 2.05) is 0 Å². The molecule has 0 aromatic heterocycles. The van der Waals surface area contributed by atoms with Crippen LogP contribution in [0.3, 0.4) is 0 Å². The third kappa shape index (κ3) is 3.05. The summed E-state index contributed by atoms with van der Waals surface area (Å²) >= 11 is 0. The molecule has 0 heterocycles. The summed E-state index contributed by atoms with van der Waals surface area (Å²) in [5, 5.41) is 17.2. The molecule has 4 heteroatoms. The average molecular weight is 143 g/mol. The minimum absolute atomic E-state index is 0.292. The van der Waals surface area contributed by atoms with E-state index in [0.29, 0.717) is 0 Å². The average Bonchev–Trinajstić information content (AvgIpc) is 1.87. The molecule has 1 N–H and O–H groups in total. The van der Waals surface area contributed by atoms with Gasteiger partial charge in [-0.3, -0.25) is 4.79 Å². The van der Waals surface area contributed by atoms with Gasteiger partial charge in [0.15, 0.2) is 5.60 Å². The van der Waals surface area contributed by atoms with E-state index in [-0.39, 0.29) is 6.42 Å². The number of hydrogen-bond acceptors (Lipinski definition) is 4. The topological polar surface area (TPSA) is 70.3 Å². The summed E-state index contributed by atoms with van der Waals surface area (Å²) in [7, 11) is 1.20. The molecule has 0 bridgehead atoms. The van der Waals surface area contributed by atoms with Gasteiger partial charge in [-0.2, -0.15) is 5.26 Å². The Morgan fingerprint density at radius 3 is 2.70 bits per heavy atom. The summed E-state index contributed by atoms with van der Waals surface area (Å²) in [4.78, 5) is 10.5. The fourth-order valence-corrected chi connectivity index (χ4v) is 0.393. The zero-order chi connectivity index (χ0) is 8.20. The van der Waals surface area contributed by atoms with Crippen LogP contribution in [0, 0.1) is 11.3 Å². The summed E-state index contributed by atoms with van der Waals surface area (Å²) < 4.78 is 4.24. The van der Waals surface area contributed by atoms with Crippen LogP contribution in [-0.2, 0) is 9.53 Å². The van der Waals surface area contributed by atoms with Crippen molar-refractivity contribution in [2.45, 2.75) is 18.9 Å². The van der Waals surface area contributed by atoms with E-state index in [2.05, 4.69) is 4.74 Å². The lowest BCUT2D eigenvalue weighted by molar-refractivity contribution is -0.143. The highest BCUT2D eigenvalue weighted by Gasteiger charge is 2.23. The molecule has 0 fully saturated rings. The molecule has 0 rings (SSSR count). The van der Waals surface area contributed by atoms with Crippen LogP contribution in [0.4, 0.5) is 0 Å². The van der Waals surface area contributed by atoms with Gasteiger partial charge < -0.3 is 9.84 Å². The lowest BCUT2D eigenvalue weighted by atomic mass is 10.1. The molecule has 0 aromatic rings. The van der Waals surface area contributed by atoms with Gasteiger partial charge in [0.05, 0.1) is 19.6 Å². The third-order valence-electron chi connectivity index (χ3n) is 0.957. The second kappa shape index (κ2) is 3.18. The summed E-state index contributed by atoms with van der Waals surface area (Å²) in [6.07, 6.45) is -0.292. The molecule has 0 saturated carbocycles. The first kappa shape index (κ1) is 8.92. The SMILES string of the molecule is COC(=O)C[C@@](C)(O)C#N. The van der Waals surface area contributed by atoms with Crippen molar-refractivity contribution in [2.75, 3.05) is 7.11 Å². The second-order valence-corrected chi connectivity index (χ2v) is 2.14. The molecular weight excluding hydrogens is 134 g/mol. The van der Waals surface area contributed by atoms with Crippen molar-refractivity contribution in [3.8, 4) is 6.07 Å². The van der Waals surface area contributed by atoms with Crippen molar-refractivity contribution in [3.63, 3.8) is 0 Å². The highest BCUT2D eigenvalue weighted by molar-refractivity contribution is 5.70. The van der Waals surface area contributed by atoms with E-state index >= 15 is 0 Å². The smallest absolute Gasteiger partial charge is 0.309 e. The van der Waals surface area contributed by atoms with E-state index in [1.165, 1.54) is 14.0 Å². The molecule has 0 radical (unpaired) electrons. The lowest BCUT2D eigenvalue weighted by Gasteiger charge is -2.10. The Kier molecular flexibility index (Phi) is 2.84. The van der Waals surface area contributed by atoms with Crippen LogP contribution < -0.4 is 0 Å². The van der Waals surface area contributed by atoms with Crippen LogP contribution in [0.25, 0.3) is 0 Å². The number of methoxy groups -OCH3 is 1. The van der Waals surface area contributed by atoms with Gasteiger partial charge in [-0.25, -0.2) is 0 Å². The van der Waals surface area contributed by atoms with Gasteiger partial charge in [-0.15, -0.1) is 0 Å². The monoisotopic (exact) mass is 143 g/mol. The molecule has 0 aliphatic rings. The van der Waals surface area contributed by atoms with Crippen molar-refractivity contribution in [1.82, 2.24) is 0 Å². The van der Waals surface area contributed by atoms with Gasteiger partial charge in [0.1, 0.15) is 0 Å². The second-order valence-electron chi connectivity index (χ2n) is 2.14. The van der Waals surface area contributed by atoms with Crippen LogP contribution in [0.1, 0.15) is 13.3 Å². The summed E-state index contributed by atoms with van der Waals surface area (Å²) in [5.74, 6) is -0.591.